The molecule has 3 nitrogen and oxygen atoms in total. The molecule has 15 heavy (non-hydrogen) atoms. The third kappa shape index (κ3) is 1.84. The van der Waals surface area contributed by atoms with Crippen molar-refractivity contribution < 1.29 is 4.42 Å². The monoisotopic (exact) mass is 198 g/mol. The van der Waals surface area contributed by atoms with Crippen LogP contribution in [0.2, 0.25) is 0 Å². The molecule has 2 rings (SSSR count). The van der Waals surface area contributed by atoms with Gasteiger partial charge in [-0.05, 0) is 25.1 Å². The lowest BCUT2D eigenvalue weighted by Gasteiger charge is -2.01. The molecule has 0 unspecified atom stereocenters. The normalized spacial score (nSPS) is 9.40. The average Bonchev–Trinajstić information content (AvgIpc) is 2.74. The topological polar surface area (TPSA) is 52.0 Å². The summed E-state index contributed by atoms with van der Waals surface area (Å²) >= 11 is 0. The largest absolute Gasteiger partial charge is 0.443 e. The number of hydrogen-bond donors (Lipinski definition) is 1. The van der Waals surface area contributed by atoms with Crippen LogP contribution in [-0.4, -0.2) is 4.98 Å². The Labute approximate surface area is 87.9 Å². The maximum atomic E-state index is 5.72. The van der Waals surface area contributed by atoms with Gasteiger partial charge in [-0.15, -0.1) is 5.92 Å². The Kier molecular flexibility index (Phi) is 2.42. The minimum atomic E-state index is 0.681. The zero-order valence-electron chi connectivity index (χ0n) is 8.32. The summed E-state index contributed by atoms with van der Waals surface area (Å²) in [5.41, 5.74) is 8.17. The second kappa shape index (κ2) is 3.89. The van der Waals surface area contributed by atoms with E-state index in [1.165, 1.54) is 6.39 Å². The second-order valence-electron chi connectivity index (χ2n) is 3.05. The van der Waals surface area contributed by atoms with E-state index in [2.05, 4.69) is 16.8 Å². The van der Waals surface area contributed by atoms with Crippen molar-refractivity contribution in [2.75, 3.05) is 5.73 Å². The van der Waals surface area contributed by atoms with Crippen LogP contribution in [0.25, 0.3) is 11.3 Å². The summed E-state index contributed by atoms with van der Waals surface area (Å²) in [6, 6.07) is 5.53. The molecule has 0 saturated carbocycles. The van der Waals surface area contributed by atoms with Crippen molar-refractivity contribution in [1.82, 2.24) is 4.98 Å². The Morgan fingerprint density at radius 1 is 1.40 bits per heavy atom. The summed E-state index contributed by atoms with van der Waals surface area (Å²) in [4.78, 5) is 3.87. The van der Waals surface area contributed by atoms with Gasteiger partial charge < -0.3 is 10.2 Å². The van der Waals surface area contributed by atoms with Crippen LogP contribution in [0.3, 0.4) is 0 Å². The average molecular weight is 198 g/mol. The smallest absolute Gasteiger partial charge is 0.181 e. The summed E-state index contributed by atoms with van der Waals surface area (Å²) in [5.74, 6) is 6.53. The molecule has 0 radical (unpaired) electrons. The Hall–Kier alpha value is -2.21. The van der Waals surface area contributed by atoms with Gasteiger partial charge in [0.1, 0.15) is 0 Å². The Bertz CT molecular complexity index is 518. The number of benzene rings is 1. The highest BCUT2D eigenvalue weighted by molar-refractivity contribution is 5.70. The van der Waals surface area contributed by atoms with E-state index >= 15 is 0 Å². The summed E-state index contributed by atoms with van der Waals surface area (Å²) in [6.07, 6.45) is 3.04. The maximum Gasteiger partial charge on any atom is 0.181 e. The molecule has 74 valence electrons. The van der Waals surface area contributed by atoms with E-state index in [4.69, 9.17) is 10.2 Å². The van der Waals surface area contributed by atoms with Gasteiger partial charge in [0, 0.05) is 16.8 Å². The number of hydrogen-bond acceptors (Lipinski definition) is 3. The Balaban J connectivity index is 2.61. The van der Waals surface area contributed by atoms with E-state index in [1.54, 1.807) is 13.1 Å². The van der Waals surface area contributed by atoms with Crippen LogP contribution >= 0.6 is 0 Å². The SMILES string of the molecule is CC#Cc1ccc(N)cc1-c1cnco1. The Morgan fingerprint density at radius 3 is 2.93 bits per heavy atom. The minimum Gasteiger partial charge on any atom is -0.443 e. The summed E-state index contributed by atoms with van der Waals surface area (Å²) in [6.45, 7) is 1.79. The van der Waals surface area contributed by atoms with Crippen LogP contribution in [0.15, 0.2) is 35.2 Å². The second-order valence-corrected chi connectivity index (χ2v) is 3.05. The van der Waals surface area contributed by atoms with Gasteiger partial charge in [-0.3, -0.25) is 0 Å². The first-order valence-corrected chi connectivity index (χ1v) is 4.52. The number of oxazole rings is 1. The van der Waals surface area contributed by atoms with Gasteiger partial charge in [-0.25, -0.2) is 4.98 Å². The summed E-state index contributed by atoms with van der Waals surface area (Å²) in [7, 11) is 0. The van der Waals surface area contributed by atoms with Gasteiger partial charge in [-0.2, -0.15) is 0 Å². The molecule has 1 aromatic carbocycles. The molecule has 0 atom stereocenters. The summed E-state index contributed by atoms with van der Waals surface area (Å²) in [5, 5.41) is 0. The van der Waals surface area contributed by atoms with Crippen LogP contribution in [-0.2, 0) is 0 Å². The number of nitrogens with two attached hydrogens (primary N) is 1. The van der Waals surface area contributed by atoms with E-state index in [9.17, 15) is 0 Å². The van der Waals surface area contributed by atoms with Crippen LogP contribution in [0, 0.1) is 11.8 Å². The number of aromatic nitrogens is 1. The lowest BCUT2D eigenvalue weighted by Crippen LogP contribution is -1.88. The molecule has 3 heteroatoms. The van der Waals surface area contributed by atoms with Crippen molar-refractivity contribution in [2.24, 2.45) is 0 Å². The molecule has 0 amide bonds. The molecular weight excluding hydrogens is 188 g/mol. The standard InChI is InChI=1S/C12H10N2O/c1-2-3-9-4-5-10(13)6-11(9)12-7-14-8-15-12/h4-8H,13H2,1H3. The van der Waals surface area contributed by atoms with Crippen molar-refractivity contribution in [3.8, 4) is 23.2 Å². The van der Waals surface area contributed by atoms with Crippen molar-refractivity contribution in [1.29, 1.82) is 0 Å². The van der Waals surface area contributed by atoms with Gasteiger partial charge in [0.25, 0.3) is 0 Å². The van der Waals surface area contributed by atoms with E-state index in [0.29, 0.717) is 11.4 Å². The molecule has 1 heterocycles. The van der Waals surface area contributed by atoms with Gasteiger partial charge in [-0.1, -0.05) is 5.92 Å². The molecule has 1 aromatic heterocycles. The van der Waals surface area contributed by atoms with Crippen LogP contribution in [0.4, 0.5) is 5.69 Å². The molecule has 2 N–H and O–H groups in total. The van der Waals surface area contributed by atoms with Gasteiger partial charge in [0.15, 0.2) is 12.2 Å². The first-order chi connectivity index (χ1) is 7.31. The fraction of sp³-hybridized carbons (Fsp3) is 0.0833. The molecule has 0 aliphatic carbocycles. The zero-order valence-corrected chi connectivity index (χ0v) is 8.32. The fourth-order valence-electron chi connectivity index (χ4n) is 1.36. The summed E-state index contributed by atoms with van der Waals surface area (Å²) < 4.78 is 5.23. The van der Waals surface area contributed by atoms with Crippen molar-refractivity contribution in [3.63, 3.8) is 0 Å². The first kappa shape index (κ1) is 9.35. The first-order valence-electron chi connectivity index (χ1n) is 4.52. The van der Waals surface area contributed by atoms with Crippen LogP contribution < -0.4 is 5.73 Å². The third-order valence-corrected chi connectivity index (χ3v) is 2.00. The zero-order chi connectivity index (χ0) is 10.7. The number of anilines is 1. The van der Waals surface area contributed by atoms with E-state index in [0.717, 1.165) is 11.1 Å². The van der Waals surface area contributed by atoms with Gasteiger partial charge in [0.2, 0.25) is 0 Å². The highest BCUT2D eigenvalue weighted by Gasteiger charge is 2.06. The molecule has 0 bridgehead atoms. The number of nitrogen functional groups attached to an aromatic ring is 1. The van der Waals surface area contributed by atoms with Crippen molar-refractivity contribution >= 4 is 5.69 Å². The quantitative estimate of drug-likeness (QED) is 0.565. The predicted octanol–water partition coefficient (Wildman–Crippen LogP) is 2.30. The van der Waals surface area contributed by atoms with E-state index < -0.39 is 0 Å². The minimum absolute atomic E-state index is 0.681. The van der Waals surface area contributed by atoms with Crippen LogP contribution in [0.1, 0.15) is 12.5 Å². The van der Waals surface area contributed by atoms with Gasteiger partial charge >= 0.3 is 0 Å². The van der Waals surface area contributed by atoms with E-state index in [-0.39, 0.29) is 0 Å². The highest BCUT2D eigenvalue weighted by Crippen LogP contribution is 2.24. The third-order valence-electron chi connectivity index (χ3n) is 2.00. The lowest BCUT2D eigenvalue weighted by atomic mass is 10.1. The van der Waals surface area contributed by atoms with Crippen molar-refractivity contribution in [3.05, 3.63) is 36.4 Å². The van der Waals surface area contributed by atoms with E-state index in [1.807, 2.05) is 18.2 Å². The highest BCUT2D eigenvalue weighted by atomic mass is 16.3. The van der Waals surface area contributed by atoms with Crippen molar-refractivity contribution in [2.45, 2.75) is 6.92 Å². The number of rotatable bonds is 1. The lowest BCUT2D eigenvalue weighted by molar-refractivity contribution is 0.572. The van der Waals surface area contributed by atoms with Gasteiger partial charge in [0.05, 0.1) is 6.20 Å². The maximum absolute atomic E-state index is 5.72. The molecule has 2 aromatic rings. The molecular formula is C12H10N2O. The Morgan fingerprint density at radius 2 is 2.27 bits per heavy atom. The van der Waals surface area contributed by atoms with Crippen LogP contribution in [0.5, 0.6) is 0 Å². The number of nitrogens with zero attached hydrogens (tertiary/aromatic N) is 1. The molecule has 0 aliphatic heterocycles. The predicted molar refractivity (Wildman–Crippen MR) is 58.9 cm³/mol. The molecule has 0 fully saturated rings. The molecule has 0 saturated heterocycles. The molecule has 0 spiro atoms. The fourth-order valence-corrected chi connectivity index (χ4v) is 1.36. The molecule has 0 aliphatic rings.